The molecule has 0 aliphatic carbocycles. The molecule has 2 N–H and O–H groups in total. The van der Waals surface area contributed by atoms with Crippen molar-refractivity contribution in [1.82, 2.24) is 4.98 Å². The first kappa shape index (κ1) is 25.1. The van der Waals surface area contributed by atoms with Crippen molar-refractivity contribution in [2.24, 2.45) is 0 Å². The van der Waals surface area contributed by atoms with Crippen LogP contribution in [0, 0.1) is 19.7 Å². The molecule has 0 spiro atoms. The molecule has 0 fully saturated rings. The second-order valence-electron chi connectivity index (χ2n) is 9.27. The number of nitrogens with zero attached hydrogens (tertiary/aromatic N) is 1. The van der Waals surface area contributed by atoms with Gasteiger partial charge in [-0.2, -0.15) is 0 Å². The fraction of sp³-hybridized carbons (Fsp3) is 0.296. The van der Waals surface area contributed by atoms with Crippen LogP contribution in [-0.2, 0) is 19.9 Å². The average Bonchev–Trinajstić information content (AvgIpc) is 2.73. The van der Waals surface area contributed by atoms with Crippen LogP contribution in [0.25, 0.3) is 11.3 Å². The number of anilines is 1. The van der Waals surface area contributed by atoms with Gasteiger partial charge in [-0.25, -0.2) is 4.39 Å². The maximum absolute atomic E-state index is 15.2. The van der Waals surface area contributed by atoms with E-state index in [0.717, 1.165) is 11.1 Å². The summed E-state index contributed by atoms with van der Waals surface area (Å²) in [5, 5.41) is 14.6. The molecule has 0 bridgehead atoms. The molecule has 0 saturated heterocycles. The molecular weight excluding hydrogens is 435 g/mol. The van der Waals surface area contributed by atoms with Crippen molar-refractivity contribution in [3.63, 3.8) is 0 Å². The first-order chi connectivity index (χ1) is 16.0. The molecule has 6 nitrogen and oxygen atoms in total. The Morgan fingerprint density at radius 3 is 2.44 bits per heavy atom. The molecule has 0 radical (unpaired) electrons. The maximum atomic E-state index is 15.2. The lowest BCUT2D eigenvalue weighted by Crippen LogP contribution is -2.36. The lowest BCUT2D eigenvalue weighted by molar-refractivity contribution is -0.159. The first-order valence-corrected chi connectivity index (χ1v) is 10.9. The van der Waals surface area contributed by atoms with Gasteiger partial charge in [-0.15, -0.1) is 0 Å². The van der Waals surface area contributed by atoms with Gasteiger partial charge < -0.3 is 15.2 Å². The number of carbonyl (C=O) groups excluding carboxylic acids is 2. The number of ether oxygens (including phenoxy) is 1. The highest BCUT2D eigenvalue weighted by Gasteiger charge is 2.41. The zero-order chi connectivity index (χ0) is 25.1. The number of esters is 1. The Hall–Kier alpha value is -3.58. The number of benzene rings is 2. The highest BCUT2D eigenvalue weighted by molar-refractivity contribution is 5.87. The number of hydrogen-bond donors (Lipinski definition) is 2. The second kappa shape index (κ2) is 9.73. The highest BCUT2D eigenvalue weighted by atomic mass is 19.1. The fourth-order valence-electron chi connectivity index (χ4n) is 3.93. The van der Waals surface area contributed by atoms with E-state index in [-0.39, 0.29) is 16.8 Å². The number of pyridine rings is 1. The topological polar surface area (TPSA) is 88.5 Å². The average molecular weight is 465 g/mol. The van der Waals surface area contributed by atoms with E-state index in [9.17, 15) is 14.7 Å². The van der Waals surface area contributed by atoms with Crippen LogP contribution in [0.4, 0.5) is 10.1 Å². The minimum Gasteiger partial charge on any atom is -0.460 e. The molecule has 3 aromatic rings. The van der Waals surface area contributed by atoms with E-state index in [4.69, 9.17) is 4.74 Å². The van der Waals surface area contributed by atoms with Crippen LogP contribution in [-0.4, -0.2) is 28.1 Å². The maximum Gasteiger partial charge on any atom is 0.309 e. The summed E-state index contributed by atoms with van der Waals surface area (Å²) in [4.78, 5) is 28.9. The Balaban J connectivity index is 2.29. The number of halogens is 1. The van der Waals surface area contributed by atoms with Gasteiger partial charge in [0.1, 0.15) is 17.0 Å². The molecule has 1 aromatic heterocycles. The van der Waals surface area contributed by atoms with Crippen LogP contribution < -0.4 is 5.32 Å². The summed E-state index contributed by atoms with van der Waals surface area (Å²) in [6, 6.07) is 13.3. The van der Waals surface area contributed by atoms with Crippen LogP contribution in [0.2, 0.25) is 0 Å². The lowest BCUT2D eigenvalue weighted by atomic mass is 9.81. The first-order valence-electron chi connectivity index (χ1n) is 10.9. The quantitative estimate of drug-likeness (QED) is 0.378. The summed E-state index contributed by atoms with van der Waals surface area (Å²) in [5.41, 5.74) is -0.111. The Bertz CT molecular complexity index is 1220. The van der Waals surface area contributed by atoms with Crippen LogP contribution in [0.15, 0.2) is 54.7 Å². The summed E-state index contributed by atoms with van der Waals surface area (Å²) in [7, 11) is 0. The number of amides is 1. The molecule has 2 aromatic carbocycles. The second-order valence-corrected chi connectivity index (χ2v) is 9.27. The summed E-state index contributed by atoms with van der Waals surface area (Å²) in [6.45, 7) is 8.73. The largest absolute Gasteiger partial charge is 0.460 e. The zero-order valence-corrected chi connectivity index (χ0v) is 20.0. The molecule has 7 heteroatoms. The van der Waals surface area contributed by atoms with Gasteiger partial charge in [0, 0.05) is 22.9 Å². The lowest BCUT2D eigenvalue weighted by Gasteiger charge is -2.32. The number of nitrogens with one attached hydrogen (secondary N) is 1. The minimum absolute atomic E-state index is 0.111. The summed E-state index contributed by atoms with van der Waals surface area (Å²) < 4.78 is 20.7. The summed E-state index contributed by atoms with van der Waals surface area (Å²) in [5.74, 6) is -1.40. The van der Waals surface area contributed by atoms with Crippen LogP contribution in [0.1, 0.15) is 49.4 Å². The van der Waals surface area contributed by atoms with Gasteiger partial charge in [0.2, 0.25) is 6.41 Å². The summed E-state index contributed by atoms with van der Waals surface area (Å²) >= 11 is 0. The van der Waals surface area contributed by atoms with Crippen molar-refractivity contribution in [2.75, 3.05) is 5.32 Å². The number of aliphatic hydroxyl groups is 1. The van der Waals surface area contributed by atoms with E-state index >= 15 is 4.39 Å². The third kappa shape index (κ3) is 5.31. The normalized spacial score (nSPS) is 13.1. The van der Waals surface area contributed by atoms with Gasteiger partial charge in [0.25, 0.3) is 0 Å². The van der Waals surface area contributed by atoms with E-state index in [0.29, 0.717) is 17.7 Å². The SMILES string of the molecule is Cc1ccc(C(O)(CC(=O)OC(C)(C)C)c2ccnc(-c3ccccc3C)c2NC=O)c(F)c1. The van der Waals surface area contributed by atoms with Gasteiger partial charge in [-0.3, -0.25) is 14.6 Å². The van der Waals surface area contributed by atoms with Crippen molar-refractivity contribution < 1.29 is 23.8 Å². The van der Waals surface area contributed by atoms with E-state index < -0.39 is 29.4 Å². The molecular formula is C27H29FN2O4. The number of aryl methyl sites for hydroxylation is 2. The summed E-state index contributed by atoms with van der Waals surface area (Å²) in [6.07, 6.45) is 1.34. The minimum atomic E-state index is -2.15. The van der Waals surface area contributed by atoms with Crippen LogP contribution in [0.3, 0.4) is 0 Å². The standard InChI is InChI=1S/C27H29FN2O4/c1-17-10-11-20(22(28)14-17)27(33,15-23(32)34-26(3,4)5)21-12-13-29-24(25(21)30-16-31)19-9-7-6-8-18(19)2/h6-14,16,33H,15H2,1-5H3,(H,30,31). The van der Waals surface area contributed by atoms with E-state index in [1.807, 2.05) is 31.2 Å². The molecule has 1 unspecified atom stereocenters. The zero-order valence-electron chi connectivity index (χ0n) is 20.0. The Kier molecular flexibility index (Phi) is 7.17. The molecule has 1 atom stereocenters. The number of hydrogen-bond acceptors (Lipinski definition) is 5. The van der Waals surface area contributed by atoms with Crippen molar-refractivity contribution in [1.29, 1.82) is 0 Å². The van der Waals surface area contributed by atoms with Gasteiger partial charge >= 0.3 is 5.97 Å². The van der Waals surface area contributed by atoms with Crippen molar-refractivity contribution in [3.05, 3.63) is 82.8 Å². The van der Waals surface area contributed by atoms with Gasteiger partial charge in [-0.1, -0.05) is 36.4 Å². The van der Waals surface area contributed by atoms with Gasteiger partial charge in [0.05, 0.1) is 17.8 Å². The van der Waals surface area contributed by atoms with Crippen molar-refractivity contribution in [3.8, 4) is 11.3 Å². The number of carbonyl (C=O) groups is 2. The third-order valence-electron chi connectivity index (χ3n) is 5.39. The van der Waals surface area contributed by atoms with Gasteiger partial charge in [-0.05, 0) is 57.9 Å². The Labute approximate surface area is 198 Å². The van der Waals surface area contributed by atoms with E-state index in [1.54, 1.807) is 33.8 Å². The van der Waals surface area contributed by atoms with Crippen LogP contribution in [0.5, 0.6) is 0 Å². The fourth-order valence-corrected chi connectivity index (χ4v) is 3.93. The van der Waals surface area contributed by atoms with Crippen molar-refractivity contribution >= 4 is 18.1 Å². The predicted octanol–water partition coefficient (Wildman–Crippen LogP) is 5.04. The molecule has 0 aliphatic rings. The third-order valence-corrected chi connectivity index (χ3v) is 5.39. The molecule has 34 heavy (non-hydrogen) atoms. The smallest absolute Gasteiger partial charge is 0.309 e. The number of aromatic nitrogens is 1. The molecule has 0 aliphatic heterocycles. The highest BCUT2D eigenvalue weighted by Crippen LogP contribution is 2.42. The number of rotatable bonds is 7. The van der Waals surface area contributed by atoms with E-state index in [2.05, 4.69) is 10.3 Å². The van der Waals surface area contributed by atoms with Gasteiger partial charge in [0.15, 0.2) is 0 Å². The molecule has 0 saturated carbocycles. The molecule has 1 amide bonds. The molecule has 178 valence electrons. The predicted molar refractivity (Wildman–Crippen MR) is 129 cm³/mol. The monoisotopic (exact) mass is 464 g/mol. The molecule has 1 heterocycles. The van der Waals surface area contributed by atoms with Crippen LogP contribution >= 0.6 is 0 Å². The van der Waals surface area contributed by atoms with Crippen molar-refractivity contribution in [2.45, 2.75) is 52.2 Å². The Morgan fingerprint density at radius 2 is 1.82 bits per heavy atom. The Morgan fingerprint density at radius 1 is 1.12 bits per heavy atom. The molecule has 3 rings (SSSR count). The van der Waals surface area contributed by atoms with E-state index in [1.165, 1.54) is 24.4 Å².